The molecule has 1 heterocycles. The summed E-state index contributed by atoms with van der Waals surface area (Å²) >= 11 is 1.90. The van der Waals surface area contributed by atoms with E-state index >= 15 is 0 Å². The Labute approximate surface area is 159 Å². The lowest BCUT2D eigenvalue weighted by Crippen LogP contribution is -2.36. The third kappa shape index (κ3) is 5.15. The Morgan fingerprint density at radius 2 is 1.77 bits per heavy atom. The first-order chi connectivity index (χ1) is 12.7. The van der Waals surface area contributed by atoms with Gasteiger partial charge >= 0.3 is 0 Å². The van der Waals surface area contributed by atoms with Crippen molar-refractivity contribution in [3.05, 3.63) is 53.8 Å². The van der Waals surface area contributed by atoms with Gasteiger partial charge in [-0.2, -0.15) is 0 Å². The molecular weight excluding hydrogens is 349 g/mol. The highest BCUT2D eigenvalue weighted by Crippen LogP contribution is 2.38. The van der Waals surface area contributed by atoms with Crippen LogP contribution in [0.5, 0.6) is 11.5 Å². The Balaban J connectivity index is 1.47. The second-order valence-corrected chi connectivity index (χ2v) is 7.89. The maximum atomic E-state index is 13.0. The molecule has 3 nitrogen and oxygen atoms in total. The summed E-state index contributed by atoms with van der Waals surface area (Å²) in [5.41, 5.74) is 1.20. The fourth-order valence-electron chi connectivity index (χ4n) is 3.24. The summed E-state index contributed by atoms with van der Waals surface area (Å²) in [7, 11) is 3.38. The third-order valence-electron chi connectivity index (χ3n) is 4.83. The Morgan fingerprint density at radius 1 is 1.04 bits per heavy atom. The second-order valence-electron chi connectivity index (χ2n) is 6.55. The molecule has 0 radical (unpaired) electrons. The molecule has 26 heavy (non-hydrogen) atoms. The number of halogens is 1. The van der Waals surface area contributed by atoms with Crippen molar-refractivity contribution in [2.75, 3.05) is 33.9 Å². The topological polar surface area (TPSA) is 21.7 Å². The van der Waals surface area contributed by atoms with Gasteiger partial charge in [0.25, 0.3) is 0 Å². The molecule has 5 heteroatoms. The maximum Gasteiger partial charge on any atom is 0.136 e. The first-order valence-electron chi connectivity index (χ1n) is 9.03. The van der Waals surface area contributed by atoms with Crippen molar-refractivity contribution in [2.45, 2.75) is 29.4 Å². The minimum Gasteiger partial charge on any atom is -0.497 e. The summed E-state index contributed by atoms with van der Waals surface area (Å²) in [5, 5.41) is 0.611. The standard InChI is InChI=1S/C21H26FNO2S/c1-24-18-7-8-21(20(15-18)25-2)26-19-10-13-23(14-11-19)12-9-16-3-5-17(22)6-4-16/h3-8,15,19H,9-14H2,1-2H3. The number of thioether (sulfide) groups is 1. The first-order valence-corrected chi connectivity index (χ1v) is 9.91. The fourth-order valence-corrected chi connectivity index (χ4v) is 4.45. The van der Waals surface area contributed by atoms with E-state index in [-0.39, 0.29) is 5.82 Å². The van der Waals surface area contributed by atoms with E-state index in [9.17, 15) is 4.39 Å². The van der Waals surface area contributed by atoms with Crippen LogP contribution in [0, 0.1) is 5.82 Å². The SMILES string of the molecule is COc1ccc(SC2CCN(CCc3ccc(F)cc3)CC2)c(OC)c1. The van der Waals surface area contributed by atoms with E-state index in [1.54, 1.807) is 26.4 Å². The van der Waals surface area contributed by atoms with Gasteiger partial charge in [0.05, 0.1) is 14.2 Å². The van der Waals surface area contributed by atoms with E-state index in [4.69, 9.17) is 9.47 Å². The molecule has 2 aromatic carbocycles. The summed E-state index contributed by atoms with van der Waals surface area (Å²) in [6, 6.07) is 12.9. The van der Waals surface area contributed by atoms with Crippen LogP contribution in [0.1, 0.15) is 18.4 Å². The maximum absolute atomic E-state index is 13.0. The molecule has 0 amide bonds. The Morgan fingerprint density at radius 3 is 2.42 bits per heavy atom. The molecule has 0 bridgehead atoms. The molecule has 140 valence electrons. The van der Waals surface area contributed by atoms with Crippen LogP contribution in [0.2, 0.25) is 0 Å². The van der Waals surface area contributed by atoms with Crippen molar-refractivity contribution in [1.29, 1.82) is 0 Å². The largest absolute Gasteiger partial charge is 0.497 e. The van der Waals surface area contributed by atoms with Gasteiger partial charge in [-0.3, -0.25) is 0 Å². The summed E-state index contributed by atoms with van der Waals surface area (Å²) in [6.45, 7) is 3.25. The average Bonchev–Trinajstić information content (AvgIpc) is 2.69. The average molecular weight is 376 g/mol. The lowest BCUT2D eigenvalue weighted by Gasteiger charge is -2.31. The molecule has 0 aliphatic carbocycles. The van der Waals surface area contributed by atoms with E-state index in [2.05, 4.69) is 11.0 Å². The number of hydrogen-bond acceptors (Lipinski definition) is 4. The van der Waals surface area contributed by atoms with Crippen LogP contribution in [0.15, 0.2) is 47.4 Å². The number of piperidine rings is 1. The van der Waals surface area contributed by atoms with Crippen molar-refractivity contribution in [2.24, 2.45) is 0 Å². The Kier molecular flexibility index (Phi) is 6.80. The zero-order valence-electron chi connectivity index (χ0n) is 15.4. The van der Waals surface area contributed by atoms with Gasteiger partial charge in [-0.05, 0) is 62.2 Å². The third-order valence-corrected chi connectivity index (χ3v) is 6.22. The molecule has 1 aliphatic rings. The molecule has 3 rings (SSSR count). The van der Waals surface area contributed by atoms with Gasteiger partial charge in [0, 0.05) is 22.8 Å². The van der Waals surface area contributed by atoms with E-state index in [0.717, 1.165) is 37.6 Å². The molecule has 1 fully saturated rings. The predicted octanol–water partition coefficient (Wildman–Crippen LogP) is 4.64. The Hall–Kier alpha value is -1.72. The van der Waals surface area contributed by atoms with E-state index in [1.165, 1.54) is 23.3 Å². The zero-order valence-corrected chi connectivity index (χ0v) is 16.2. The zero-order chi connectivity index (χ0) is 18.4. The lowest BCUT2D eigenvalue weighted by molar-refractivity contribution is 0.235. The monoisotopic (exact) mass is 375 g/mol. The van der Waals surface area contributed by atoms with Crippen LogP contribution in [0.3, 0.4) is 0 Å². The van der Waals surface area contributed by atoms with Crippen LogP contribution < -0.4 is 9.47 Å². The molecule has 1 aliphatic heterocycles. The van der Waals surface area contributed by atoms with Crippen molar-refractivity contribution < 1.29 is 13.9 Å². The van der Waals surface area contributed by atoms with Crippen molar-refractivity contribution in [3.63, 3.8) is 0 Å². The van der Waals surface area contributed by atoms with Gasteiger partial charge in [-0.1, -0.05) is 12.1 Å². The highest BCUT2D eigenvalue weighted by atomic mass is 32.2. The number of benzene rings is 2. The molecule has 0 atom stereocenters. The van der Waals surface area contributed by atoms with Gasteiger partial charge in [0.15, 0.2) is 0 Å². The number of likely N-dealkylation sites (tertiary alicyclic amines) is 1. The summed E-state index contributed by atoms with van der Waals surface area (Å²) in [6.07, 6.45) is 3.32. The molecule has 0 saturated carbocycles. The van der Waals surface area contributed by atoms with Crippen LogP contribution in [-0.4, -0.2) is 44.0 Å². The van der Waals surface area contributed by atoms with Crippen molar-refractivity contribution in [1.82, 2.24) is 4.90 Å². The van der Waals surface area contributed by atoms with Crippen molar-refractivity contribution >= 4 is 11.8 Å². The summed E-state index contributed by atoms with van der Waals surface area (Å²) in [4.78, 5) is 3.68. The Bertz CT molecular complexity index is 700. The molecule has 0 unspecified atom stereocenters. The van der Waals surface area contributed by atoms with Crippen LogP contribution in [-0.2, 0) is 6.42 Å². The minimum atomic E-state index is -0.166. The molecular formula is C21H26FNO2S. The van der Waals surface area contributed by atoms with E-state index in [1.807, 2.05) is 36.0 Å². The number of rotatable bonds is 7. The summed E-state index contributed by atoms with van der Waals surface area (Å²) in [5.74, 6) is 1.54. The van der Waals surface area contributed by atoms with Crippen LogP contribution in [0.25, 0.3) is 0 Å². The number of nitrogens with zero attached hydrogens (tertiary/aromatic N) is 1. The van der Waals surface area contributed by atoms with Gasteiger partial charge in [-0.15, -0.1) is 11.8 Å². The molecule has 1 saturated heterocycles. The van der Waals surface area contributed by atoms with Crippen LogP contribution in [0.4, 0.5) is 4.39 Å². The highest BCUT2D eigenvalue weighted by Gasteiger charge is 2.21. The predicted molar refractivity (Wildman–Crippen MR) is 105 cm³/mol. The van der Waals surface area contributed by atoms with E-state index < -0.39 is 0 Å². The normalized spacial score (nSPS) is 15.8. The highest BCUT2D eigenvalue weighted by molar-refractivity contribution is 8.00. The number of methoxy groups -OCH3 is 2. The van der Waals surface area contributed by atoms with Gasteiger partial charge in [0.1, 0.15) is 17.3 Å². The van der Waals surface area contributed by atoms with Crippen LogP contribution >= 0.6 is 11.8 Å². The quantitative estimate of drug-likeness (QED) is 0.703. The number of hydrogen-bond donors (Lipinski definition) is 0. The second kappa shape index (κ2) is 9.28. The smallest absolute Gasteiger partial charge is 0.136 e. The fraction of sp³-hybridized carbons (Fsp3) is 0.429. The molecule has 0 N–H and O–H groups in total. The van der Waals surface area contributed by atoms with Gasteiger partial charge in [0.2, 0.25) is 0 Å². The van der Waals surface area contributed by atoms with Gasteiger partial charge in [-0.25, -0.2) is 4.39 Å². The molecule has 0 aromatic heterocycles. The first kappa shape index (κ1) is 19.1. The number of ether oxygens (including phenoxy) is 2. The summed E-state index contributed by atoms with van der Waals surface area (Å²) < 4.78 is 23.7. The lowest BCUT2D eigenvalue weighted by atomic mass is 10.1. The van der Waals surface area contributed by atoms with Crippen molar-refractivity contribution in [3.8, 4) is 11.5 Å². The molecule has 2 aromatic rings. The minimum absolute atomic E-state index is 0.166. The van der Waals surface area contributed by atoms with Gasteiger partial charge < -0.3 is 14.4 Å². The van der Waals surface area contributed by atoms with E-state index in [0.29, 0.717) is 5.25 Å². The molecule has 0 spiro atoms.